The predicted molar refractivity (Wildman–Crippen MR) is 121 cm³/mol. The van der Waals surface area contributed by atoms with E-state index in [4.69, 9.17) is 16.1 Å². The molecule has 1 N–H and O–H groups in total. The molecule has 8 nitrogen and oxygen atoms in total. The Bertz CT molecular complexity index is 1130. The van der Waals surface area contributed by atoms with Crippen molar-refractivity contribution in [3.63, 3.8) is 0 Å². The summed E-state index contributed by atoms with van der Waals surface area (Å²) in [6.45, 7) is 6.87. The topological polar surface area (TPSA) is 93.3 Å². The van der Waals surface area contributed by atoms with Gasteiger partial charge in [-0.15, -0.1) is 0 Å². The van der Waals surface area contributed by atoms with Crippen LogP contribution in [0.4, 0.5) is 5.82 Å². The number of benzene rings is 1. The van der Waals surface area contributed by atoms with Crippen LogP contribution in [0, 0.1) is 12.8 Å². The maximum absolute atomic E-state index is 13.3. The van der Waals surface area contributed by atoms with Gasteiger partial charge in [-0.05, 0) is 43.9 Å². The first-order valence-corrected chi connectivity index (χ1v) is 11.1. The molecule has 1 saturated heterocycles. The molecule has 0 radical (unpaired) electrons. The number of piperidine rings is 1. The zero-order chi connectivity index (χ0) is 22.8. The first-order valence-electron chi connectivity index (χ1n) is 10.7. The molecule has 4 rings (SSSR count). The van der Waals surface area contributed by atoms with E-state index in [1.165, 1.54) is 0 Å². The normalized spacial score (nSPS) is 14.7. The summed E-state index contributed by atoms with van der Waals surface area (Å²) in [5.74, 6) is 0.815. The van der Waals surface area contributed by atoms with Crippen molar-refractivity contribution in [1.82, 2.24) is 19.8 Å². The van der Waals surface area contributed by atoms with Gasteiger partial charge in [-0.3, -0.25) is 9.59 Å². The lowest BCUT2D eigenvalue weighted by Gasteiger charge is -2.31. The second-order valence-corrected chi connectivity index (χ2v) is 8.80. The average Bonchev–Trinajstić information content (AvgIpc) is 3.39. The number of hydrogen-bond acceptors (Lipinski definition) is 5. The van der Waals surface area contributed by atoms with Gasteiger partial charge in [0.25, 0.3) is 5.91 Å². The third-order valence-corrected chi connectivity index (χ3v) is 5.90. The van der Waals surface area contributed by atoms with E-state index >= 15 is 0 Å². The predicted octanol–water partition coefficient (Wildman–Crippen LogP) is 4.44. The molecule has 9 heteroatoms. The lowest BCUT2D eigenvalue weighted by molar-refractivity contribution is -0.121. The summed E-state index contributed by atoms with van der Waals surface area (Å²) in [6, 6.07) is 9.09. The van der Waals surface area contributed by atoms with E-state index in [1.54, 1.807) is 34.8 Å². The first-order chi connectivity index (χ1) is 15.3. The summed E-state index contributed by atoms with van der Waals surface area (Å²) < 4.78 is 6.77. The van der Waals surface area contributed by atoms with Gasteiger partial charge in [-0.2, -0.15) is 5.10 Å². The van der Waals surface area contributed by atoms with E-state index in [9.17, 15) is 9.59 Å². The fourth-order valence-electron chi connectivity index (χ4n) is 4.06. The SMILES string of the molecule is Cc1cc(NC(=O)C2CCN(C(=O)c3cnn(-c4cccc(Cl)c4)c3C(C)C)CC2)no1. The van der Waals surface area contributed by atoms with Crippen LogP contribution in [0.15, 0.2) is 41.1 Å². The Balaban J connectivity index is 1.46. The Hall–Kier alpha value is -3.13. The first kappa shape index (κ1) is 22.1. The molecule has 3 aromatic rings. The molecule has 1 fully saturated rings. The maximum atomic E-state index is 13.3. The summed E-state index contributed by atoms with van der Waals surface area (Å²) in [5, 5.41) is 11.7. The number of likely N-dealkylation sites (tertiary alicyclic amines) is 1. The van der Waals surface area contributed by atoms with Crippen molar-refractivity contribution in [2.75, 3.05) is 18.4 Å². The molecule has 168 valence electrons. The number of aromatic nitrogens is 3. The molecule has 0 atom stereocenters. The van der Waals surface area contributed by atoms with E-state index in [-0.39, 0.29) is 23.7 Å². The van der Waals surface area contributed by atoms with Crippen LogP contribution in [-0.2, 0) is 4.79 Å². The lowest BCUT2D eigenvalue weighted by atomic mass is 9.95. The minimum absolute atomic E-state index is 0.0621. The van der Waals surface area contributed by atoms with Crippen molar-refractivity contribution < 1.29 is 14.1 Å². The number of nitrogens with one attached hydrogen (secondary N) is 1. The number of rotatable bonds is 5. The van der Waals surface area contributed by atoms with Crippen LogP contribution in [0.25, 0.3) is 5.69 Å². The van der Waals surface area contributed by atoms with E-state index in [0.717, 1.165) is 11.4 Å². The van der Waals surface area contributed by atoms with Gasteiger partial charge in [0.15, 0.2) is 5.82 Å². The maximum Gasteiger partial charge on any atom is 0.257 e. The van der Waals surface area contributed by atoms with Gasteiger partial charge in [0.1, 0.15) is 5.76 Å². The van der Waals surface area contributed by atoms with Gasteiger partial charge in [0.05, 0.1) is 23.1 Å². The number of anilines is 1. The molecule has 0 saturated carbocycles. The minimum Gasteiger partial charge on any atom is -0.360 e. The van der Waals surface area contributed by atoms with E-state index in [0.29, 0.717) is 48.1 Å². The number of halogens is 1. The molecule has 2 amide bonds. The number of amides is 2. The van der Waals surface area contributed by atoms with Crippen molar-refractivity contribution in [3.05, 3.63) is 58.6 Å². The van der Waals surface area contributed by atoms with Gasteiger partial charge in [-0.1, -0.05) is 36.7 Å². The highest BCUT2D eigenvalue weighted by atomic mass is 35.5. The van der Waals surface area contributed by atoms with Gasteiger partial charge in [0.2, 0.25) is 5.91 Å². The molecular weight excluding hydrogens is 430 g/mol. The quantitative estimate of drug-likeness (QED) is 0.614. The fourth-order valence-corrected chi connectivity index (χ4v) is 4.25. The number of carbonyl (C=O) groups excluding carboxylic acids is 2. The second kappa shape index (κ2) is 9.16. The molecule has 0 aliphatic carbocycles. The molecule has 1 aromatic carbocycles. The van der Waals surface area contributed by atoms with Crippen molar-refractivity contribution in [2.24, 2.45) is 5.92 Å². The minimum atomic E-state index is -0.171. The molecule has 0 unspecified atom stereocenters. The summed E-state index contributed by atoms with van der Waals surface area (Å²) in [7, 11) is 0. The van der Waals surface area contributed by atoms with Crippen molar-refractivity contribution in [3.8, 4) is 5.69 Å². The van der Waals surface area contributed by atoms with Crippen LogP contribution >= 0.6 is 11.6 Å². The van der Waals surface area contributed by atoms with Crippen molar-refractivity contribution >= 4 is 29.2 Å². The van der Waals surface area contributed by atoms with E-state index in [2.05, 4.69) is 15.6 Å². The van der Waals surface area contributed by atoms with Crippen LogP contribution in [0.2, 0.25) is 5.02 Å². The number of hydrogen-bond donors (Lipinski definition) is 1. The smallest absolute Gasteiger partial charge is 0.257 e. The highest BCUT2D eigenvalue weighted by Crippen LogP contribution is 2.27. The number of nitrogens with zero attached hydrogens (tertiary/aromatic N) is 4. The summed E-state index contributed by atoms with van der Waals surface area (Å²) in [6.07, 6.45) is 2.81. The zero-order valence-corrected chi connectivity index (χ0v) is 19.1. The van der Waals surface area contributed by atoms with Gasteiger partial charge in [0, 0.05) is 30.1 Å². The Labute approximate surface area is 191 Å². The van der Waals surface area contributed by atoms with Gasteiger partial charge >= 0.3 is 0 Å². The fraction of sp³-hybridized carbons (Fsp3) is 0.391. The molecular formula is C23H26ClN5O3. The Morgan fingerprint density at radius 2 is 1.97 bits per heavy atom. The molecule has 1 aliphatic heterocycles. The third kappa shape index (κ3) is 4.55. The summed E-state index contributed by atoms with van der Waals surface area (Å²) >= 11 is 6.15. The largest absolute Gasteiger partial charge is 0.360 e. The van der Waals surface area contributed by atoms with Crippen LogP contribution < -0.4 is 5.32 Å². The van der Waals surface area contributed by atoms with E-state index < -0.39 is 0 Å². The molecule has 3 heterocycles. The number of aryl methyl sites for hydroxylation is 1. The molecule has 0 bridgehead atoms. The van der Waals surface area contributed by atoms with Crippen molar-refractivity contribution in [2.45, 2.75) is 39.5 Å². The lowest BCUT2D eigenvalue weighted by Crippen LogP contribution is -2.41. The summed E-state index contributed by atoms with van der Waals surface area (Å²) in [5.41, 5.74) is 2.25. The average molecular weight is 456 g/mol. The standard InChI is InChI=1S/C23H26ClN5O3/c1-14(2)21-19(13-25-29(21)18-6-4-5-17(24)12-18)23(31)28-9-7-16(8-10-28)22(30)26-20-11-15(3)32-27-20/h4-6,11-14,16H,7-10H2,1-3H3,(H,26,27,30). The third-order valence-electron chi connectivity index (χ3n) is 5.67. The van der Waals surface area contributed by atoms with Gasteiger partial charge < -0.3 is 14.7 Å². The Morgan fingerprint density at radius 1 is 1.22 bits per heavy atom. The van der Waals surface area contributed by atoms with Gasteiger partial charge in [-0.25, -0.2) is 4.68 Å². The molecule has 2 aromatic heterocycles. The monoisotopic (exact) mass is 455 g/mol. The van der Waals surface area contributed by atoms with Crippen LogP contribution in [0.1, 0.15) is 54.4 Å². The van der Waals surface area contributed by atoms with Crippen LogP contribution in [-0.4, -0.2) is 44.7 Å². The highest BCUT2D eigenvalue weighted by Gasteiger charge is 2.31. The molecule has 32 heavy (non-hydrogen) atoms. The Morgan fingerprint density at radius 3 is 2.59 bits per heavy atom. The van der Waals surface area contributed by atoms with Crippen LogP contribution in [0.5, 0.6) is 0 Å². The Kier molecular flexibility index (Phi) is 6.32. The zero-order valence-electron chi connectivity index (χ0n) is 18.3. The van der Waals surface area contributed by atoms with Crippen molar-refractivity contribution in [1.29, 1.82) is 0 Å². The summed E-state index contributed by atoms with van der Waals surface area (Å²) in [4.78, 5) is 27.7. The van der Waals surface area contributed by atoms with E-state index in [1.807, 2.05) is 32.0 Å². The number of carbonyl (C=O) groups is 2. The molecule has 0 spiro atoms. The van der Waals surface area contributed by atoms with Crippen LogP contribution in [0.3, 0.4) is 0 Å². The second-order valence-electron chi connectivity index (χ2n) is 8.37. The molecule has 1 aliphatic rings. The highest BCUT2D eigenvalue weighted by molar-refractivity contribution is 6.30.